The minimum atomic E-state index is 0.119. The van der Waals surface area contributed by atoms with Gasteiger partial charge < -0.3 is 15.5 Å². The Morgan fingerprint density at radius 3 is 2.93 bits per heavy atom. The molecule has 1 aliphatic rings. The van der Waals surface area contributed by atoms with Crippen LogP contribution in [0.3, 0.4) is 0 Å². The van der Waals surface area contributed by atoms with Gasteiger partial charge in [0.15, 0.2) is 0 Å². The number of nitrogens with two attached hydrogens (primary N) is 1. The van der Waals surface area contributed by atoms with Gasteiger partial charge in [-0.15, -0.1) is 0 Å². The molecule has 0 aromatic carbocycles. The molecule has 0 aliphatic heterocycles. The van der Waals surface area contributed by atoms with Gasteiger partial charge in [0.1, 0.15) is 0 Å². The number of nitrogens with zero attached hydrogens (tertiary/aromatic N) is 2. The van der Waals surface area contributed by atoms with Crippen LogP contribution in [0.25, 0.3) is 0 Å². The van der Waals surface area contributed by atoms with E-state index in [-0.39, 0.29) is 6.01 Å². The second-order valence-corrected chi connectivity index (χ2v) is 4.32. The molecule has 1 saturated carbocycles. The molecule has 1 aromatic heterocycles. The molecule has 1 fully saturated rings. The third kappa shape index (κ3) is 2.16. The molecule has 0 saturated heterocycles. The van der Waals surface area contributed by atoms with E-state index >= 15 is 0 Å². The summed E-state index contributed by atoms with van der Waals surface area (Å²) in [4.78, 5) is 0. The molecule has 2 atom stereocenters. The summed E-state index contributed by atoms with van der Waals surface area (Å²) in [6, 6.07) is 1.06. The van der Waals surface area contributed by atoms with Crippen molar-refractivity contribution >= 4 is 12.0 Å². The summed E-state index contributed by atoms with van der Waals surface area (Å²) in [7, 11) is 0. The van der Waals surface area contributed by atoms with Gasteiger partial charge >= 0.3 is 12.0 Å². The Hall–Kier alpha value is -1.26. The van der Waals surface area contributed by atoms with Gasteiger partial charge in [-0.3, -0.25) is 0 Å². The van der Waals surface area contributed by atoms with E-state index in [1.54, 1.807) is 0 Å². The van der Waals surface area contributed by atoms with E-state index in [0.29, 0.717) is 12.1 Å². The Balaban J connectivity index is 1.79. The van der Waals surface area contributed by atoms with Crippen LogP contribution >= 0.6 is 0 Å². The summed E-state index contributed by atoms with van der Waals surface area (Å²) < 4.78 is 5.03. The first kappa shape index (κ1) is 9.30. The van der Waals surface area contributed by atoms with Crippen LogP contribution in [-0.4, -0.2) is 16.2 Å². The Morgan fingerprint density at radius 2 is 2.36 bits per heavy atom. The summed E-state index contributed by atoms with van der Waals surface area (Å²) in [5.41, 5.74) is 5.31. The monoisotopic (exact) mass is 196 g/mol. The van der Waals surface area contributed by atoms with Crippen molar-refractivity contribution in [2.45, 2.75) is 32.7 Å². The van der Waals surface area contributed by atoms with E-state index in [9.17, 15) is 0 Å². The number of anilines is 2. The number of nitrogens with one attached hydrogen (secondary N) is 1. The van der Waals surface area contributed by atoms with Crippen LogP contribution in [0.4, 0.5) is 12.0 Å². The first-order valence-corrected chi connectivity index (χ1v) is 5.00. The van der Waals surface area contributed by atoms with E-state index in [4.69, 9.17) is 10.2 Å². The van der Waals surface area contributed by atoms with E-state index in [1.165, 1.54) is 12.8 Å². The van der Waals surface area contributed by atoms with Crippen molar-refractivity contribution in [1.82, 2.24) is 10.2 Å². The molecular weight excluding hydrogens is 180 g/mol. The largest absolute Gasteiger partial charge is 0.390 e. The molecule has 78 valence electrons. The van der Waals surface area contributed by atoms with Crippen molar-refractivity contribution in [1.29, 1.82) is 0 Å². The molecule has 2 rings (SSSR count). The van der Waals surface area contributed by atoms with Gasteiger partial charge in [-0.25, -0.2) is 0 Å². The second-order valence-electron chi connectivity index (χ2n) is 4.32. The van der Waals surface area contributed by atoms with Gasteiger partial charge in [0.25, 0.3) is 0 Å². The first-order valence-electron chi connectivity index (χ1n) is 5.00. The minimum Gasteiger partial charge on any atom is -0.390 e. The average Bonchev–Trinajstić information content (AvgIpc) is 2.63. The van der Waals surface area contributed by atoms with Crippen molar-refractivity contribution in [3.05, 3.63) is 0 Å². The first-order chi connectivity index (χ1) is 6.65. The third-order valence-electron chi connectivity index (χ3n) is 2.45. The van der Waals surface area contributed by atoms with Crippen molar-refractivity contribution in [3.8, 4) is 0 Å². The molecule has 5 nitrogen and oxygen atoms in total. The van der Waals surface area contributed by atoms with Crippen molar-refractivity contribution in [3.63, 3.8) is 0 Å². The zero-order valence-electron chi connectivity index (χ0n) is 8.53. The highest BCUT2D eigenvalue weighted by Gasteiger charge is 2.38. The summed E-state index contributed by atoms with van der Waals surface area (Å²) in [6.07, 6.45) is 2.45. The fraction of sp³-hybridized carbons (Fsp3) is 0.778. The van der Waals surface area contributed by atoms with Crippen LogP contribution in [0.5, 0.6) is 0 Å². The predicted octanol–water partition coefficient (Wildman–Crippen LogP) is 1.50. The normalized spacial score (nSPS) is 25.4. The number of hydrogen-bond donors (Lipinski definition) is 2. The van der Waals surface area contributed by atoms with Gasteiger partial charge in [0.05, 0.1) is 0 Å². The maximum absolute atomic E-state index is 5.31. The zero-order valence-corrected chi connectivity index (χ0v) is 8.53. The van der Waals surface area contributed by atoms with E-state index in [2.05, 4.69) is 29.4 Å². The molecule has 5 heteroatoms. The predicted molar refractivity (Wildman–Crippen MR) is 53.7 cm³/mol. The van der Waals surface area contributed by atoms with Crippen molar-refractivity contribution < 1.29 is 4.42 Å². The molecule has 1 heterocycles. The summed E-state index contributed by atoms with van der Waals surface area (Å²) in [5.74, 6) is 1.50. The van der Waals surface area contributed by atoms with Gasteiger partial charge in [0.2, 0.25) is 0 Å². The van der Waals surface area contributed by atoms with Crippen LogP contribution < -0.4 is 11.1 Å². The highest BCUT2D eigenvalue weighted by molar-refractivity contribution is 5.27. The molecular formula is C9H16N4O. The maximum Gasteiger partial charge on any atom is 0.317 e. The molecule has 1 aliphatic carbocycles. The molecule has 1 aromatic rings. The fourth-order valence-corrected chi connectivity index (χ4v) is 1.74. The van der Waals surface area contributed by atoms with Gasteiger partial charge in [0, 0.05) is 6.04 Å². The molecule has 14 heavy (non-hydrogen) atoms. The summed E-state index contributed by atoms with van der Waals surface area (Å²) in [6.45, 7) is 4.47. The number of rotatable bonds is 4. The summed E-state index contributed by atoms with van der Waals surface area (Å²) >= 11 is 0. The lowest BCUT2D eigenvalue weighted by atomic mass is 10.1. The number of hydrogen-bond acceptors (Lipinski definition) is 5. The molecule has 0 spiro atoms. The maximum atomic E-state index is 5.31. The SMILES string of the molecule is CC(C)CC1CC1Nc1nnc(N)o1. The van der Waals surface area contributed by atoms with Crippen LogP contribution in [0.15, 0.2) is 4.42 Å². The number of nitrogen functional groups attached to an aromatic ring is 1. The molecule has 3 N–H and O–H groups in total. The highest BCUT2D eigenvalue weighted by atomic mass is 16.4. The Morgan fingerprint density at radius 1 is 1.57 bits per heavy atom. The Labute approximate surface area is 83.1 Å². The Bertz CT molecular complexity index is 310. The van der Waals surface area contributed by atoms with Crippen LogP contribution in [-0.2, 0) is 0 Å². The molecule has 0 bridgehead atoms. The lowest BCUT2D eigenvalue weighted by Gasteiger charge is -2.03. The van der Waals surface area contributed by atoms with Crippen LogP contribution in [0.1, 0.15) is 26.7 Å². The molecule has 0 amide bonds. The van der Waals surface area contributed by atoms with Crippen molar-refractivity contribution in [2.24, 2.45) is 11.8 Å². The molecule has 2 unspecified atom stereocenters. The topological polar surface area (TPSA) is 77.0 Å². The third-order valence-corrected chi connectivity index (χ3v) is 2.45. The van der Waals surface area contributed by atoms with E-state index in [1.807, 2.05) is 0 Å². The van der Waals surface area contributed by atoms with E-state index in [0.717, 1.165) is 11.8 Å². The molecule has 0 radical (unpaired) electrons. The van der Waals surface area contributed by atoms with Crippen LogP contribution in [0, 0.1) is 11.8 Å². The van der Waals surface area contributed by atoms with Crippen LogP contribution in [0.2, 0.25) is 0 Å². The minimum absolute atomic E-state index is 0.119. The Kier molecular flexibility index (Phi) is 2.31. The highest BCUT2D eigenvalue weighted by Crippen LogP contribution is 2.38. The van der Waals surface area contributed by atoms with E-state index < -0.39 is 0 Å². The lowest BCUT2D eigenvalue weighted by Crippen LogP contribution is -2.06. The van der Waals surface area contributed by atoms with Gasteiger partial charge in [-0.05, 0) is 24.7 Å². The summed E-state index contributed by atoms with van der Waals surface area (Å²) in [5, 5.41) is 10.5. The van der Waals surface area contributed by atoms with Crippen molar-refractivity contribution in [2.75, 3.05) is 11.1 Å². The lowest BCUT2D eigenvalue weighted by molar-refractivity contribution is 0.529. The van der Waals surface area contributed by atoms with Gasteiger partial charge in [-0.2, -0.15) is 0 Å². The van der Waals surface area contributed by atoms with Gasteiger partial charge in [-0.1, -0.05) is 24.0 Å². The standard InChI is InChI=1S/C9H16N4O/c1-5(2)3-6-4-7(6)11-9-13-12-8(10)14-9/h5-7H,3-4H2,1-2H3,(H2,10,12)(H,11,13). The quantitative estimate of drug-likeness (QED) is 0.763. The smallest absolute Gasteiger partial charge is 0.317 e. The zero-order chi connectivity index (χ0) is 10.1. The second kappa shape index (κ2) is 3.48. The average molecular weight is 196 g/mol. The number of aromatic nitrogens is 2. The fourth-order valence-electron chi connectivity index (χ4n) is 1.74.